The second kappa shape index (κ2) is 10.7. The molecular formula is C24H26BN3O4S2. The lowest BCUT2D eigenvalue weighted by Gasteiger charge is -2.14. The van der Waals surface area contributed by atoms with Gasteiger partial charge in [0.15, 0.2) is 5.11 Å². The quantitative estimate of drug-likeness (QED) is 0.345. The van der Waals surface area contributed by atoms with Gasteiger partial charge in [0, 0.05) is 11.4 Å². The summed E-state index contributed by atoms with van der Waals surface area (Å²) in [4.78, 5) is 12.8. The molecule has 3 rings (SSSR count). The summed E-state index contributed by atoms with van der Waals surface area (Å²) in [5.74, 6) is 0.0701. The average molecular weight is 495 g/mol. The fraction of sp³-hybridized carbons (Fsp3) is 0.167. The molecule has 0 radical (unpaired) electrons. The van der Waals surface area contributed by atoms with E-state index in [-0.39, 0.29) is 10.0 Å². The molecule has 10 heteroatoms. The minimum atomic E-state index is -3.75. The van der Waals surface area contributed by atoms with Gasteiger partial charge in [-0.25, -0.2) is 8.42 Å². The van der Waals surface area contributed by atoms with Crippen LogP contribution in [0.15, 0.2) is 65.6 Å². The highest BCUT2D eigenvalue weighted by Gasteiger charge is 2.16. The van der Waals surface area contributed by atoms with Crippen molar-refractivity contribution >= 4 is 57.9 Å². The van der Waals surface area contributed by atoms with Gasteiger partial charge >= 0.3 is 0 Å². The van der Waals surface area contributed by atoms with Crippen LogP contribution >= 0.6 is 12.2 Å². The van der Waals surface area contributed by atoms with Crippen LogP contribution in [0.4, 0.5) is 11.4 Å². The molecule has 0 spiro atoms. The molecule has 0 aliphatic rings. The molecule has 0 aliphatic heterocycles. The first-order valence-electron chi connectivity index (χ1n) is 10.6. The first-order chi connectivity index (χ1) is 16.1. The fourth-order valence-corrected chi connectivity index (χ4v) is 4.43. The number of amides is 1. The Balaban J connectivity index is 1.66. The second-order valence-electron chi connectivity index (χ2n) is 7.77. The molecule has 0 aliphatic carbocycles. The number of benzene rings is 3. The molecule has 34 heavy (non-hydrogen) atoms. The Bertz CT molecular complexity index is 1330. The number of aryl methyl sites for hydroxylation is 2. The van der Waals surface area contributed by atoms with Crippen LogP contribution in [-0.4, -0.2) is 33.9 Å². The number of carbonyl (C=O) groups is 1. The first-order valence-corrected chi connectivity index (χ1v) is 12.5. The van der Waals surface area contributed by atoms with E-state index in [1.807, 2.05) is 40.8 Å². The van der Waals surface area contributed by atoms with Gasteiger partial charge in [0.25, 0.3) is 15.9 Å². The van der Waals surface area contributed by atoms with E-state index in [4.69, 9.17) is 17.0 Å². The summed E-state index contributed by atoms with van der Waals surface area (Å²) in [6.45, 7) is 6.16. The van der Waals surface area contributed by atoms with Gasteiger partial charge in [-0.15, -0.1) is 0 Å². The van der Waals surface area contributed by atoms with Gasteiger partial charge in [0.2, 0.25) is 0 Å². The molecule has 7 nitrogen and oxygen atoms in total. The number of carbonyl (C=O) groups excluding carboxylic acids is 1. The fourth-order valence-electron chi connectivity index (χ4n) is 3.17. The van der Waals surface area contributed by atoms with Gasteiger partial charge in [-0.05, 0) is 86.6 Å². The Morgan fingerprint density at radius 3 is 2.29 bits per heavy atom. The summed E-state index contributed by atoms with van der Waals surface area (Å²) in [5, 5.41) is 5.60. The van der Waals surface area contributed by atoms with E-state index in [0.717, 1.165) is 16.6 Å². The number of ether oxygens (including phenoxy) is 1. The predicted molar refractivity (Wildman–Crippen MR) is 143 cm³/mol. The van der Waals surface area contributed by atoms with Gasteiger partial charge in [-0.3, -0.25) is 14.8 Å². The van der Waals surface area contributed by atoms with Crippen molar-refractivity contribution in [2.45, 2.75) is 25.7 Å². The molecule has 0 bridgehead atoms. The van der Waals surface area contributed by atoms with Gasteiger partial charge in [-0.1, -0.05) is 23.7 Å². The molecular weight excluding hydrogens is 469 g/mol. The van der Waals surface area contributed by atoms with Crippen LogP contribution in [0.25, 0.3) is 0 Å². The molecule has 3 N–H and O–H groups in total. The number of anilines is 2. The summed E-state index contributed by atoms with van der Waals surface area (Å²) in [7, 11) is -1.87. The Kier molecular flexibility index (Phi) is 7.96. The van der Waals surface area contributed by atoms with Crippen molar-refractivity contribution < 1.29 is 17.9 Å². The maximum absolute atomic E-state index is 12.7. The van der Waals surface area contributed by atoms with Gasteiger partial charge in [0.1, 0.15) is 13.6 Å². The first kappa shape index (κ1) is 25.3. The molecule has 0 heterocycles. The highest BCUT2D eigenvalue weighted by atomic mass is 32.2. The van der Waals surface area contributed by atoms with E-state index in [1.165, 1.54) is 12.1 Å². The van der Waals surface area contributed by atoms with Crippen molar-refractivity contribution in [2.75, 3.05) is 16.6 Å². The molecule has 1 amide bonds. The average Bonchev–Trinajstić information content (AvgIpc) is 2.77. The summed E-state index contributed by atoms with van der Waals surface area (Å²) >= 11 is 5.25. The number of hydrogen-bond donors (Lipinski definition) is 3. The van der Waals surface area contributed by atoms with Crippen LogP contribution in [0, 0.1) is 13.8 Å². The standard InChI is InChI=1S/C24H26BN3O4S2/c1-4-32-22-12-6-17(25)14-21(22)23(29)27-24(33)26-18-8-10-20(11-9-18)34(30,31)28-19-7-5-15(2)16(3)13-19/h5-14,28H,4,25H2,1-3H3,(H2,26,27,29,33). The molecule has 3 aromatic rings. The lowest BCUT2D eigenvalue weighted by molar-refractivity contribution is 0.0974. The minimum Gasteiger partial charge on any atom is -0.493 e. The van der Waals surface area contributed by atoms with Crippen molar-refractivity contribution in [1.29, 1.82) is 0 Å². The lowest BCUT2D eigenvalue weighted by atomic mass is 9.94. The van der Waals surface area contributed by atoms with Crippen molar-refractivity contribution in [1.82, 2.24) is 5.32 Å². The Morgan fingerprint density at radius 1 is 0.971 bits per heavy atom. The minimum absolute atomic E-state index is 0.0813. The van der Waals surface area contributed by atoms with E-state index < -0.39 is 15.9 Å². The van der Waals surface area contributed by atoms with E-state index in [1.54, 1.807) is 36.4 Å². The van der Waals surface area contributed by atoms with Gasteiger partial charge in [-0.2, -0.15) is 0 Å². The second-order valence-corrected chi connectivity index (χ2v) is 9.86. The highest BCUT2D eigenvalue weighted by molar-refractivity contribution is 7.92. The van der Waals surface area contributed by atoms with Gasteiger partial charge < -0.3 is 10.1 Å². The summed E-state index contributed by atoms with van der Waals surface area (Å²) in [6.07, 6.45) is 0. The normalized spacial score (nSPS) is 10.9. The third kappa shape index (κ3) is 6.36. The molecule has 176 valence electrons. The van der Waals surface area contributed by atoms with Crippen LogP contribution in [0.5, 0.6) is 5.75 Å². The molecule has 0 saturated carbocycles. The largest absolute Gasteiger partial charge is 0.493 e. The third-order valence-electron chi connectivity index (χ3n) is 5.09. The zero-order valence-electron chi connectivity index (χ0n) is 19.4. The SMILES string of the molecule is Bc1ccc(OCC)c(C(=O)NC(=S)Nc2ccc(S(=O)(=O)Nc3ccc(C)c(C)c3)cc2)c1. The maximum Gasteiger partial charge on any atom is 0.261 e. The highest BCUT2D eigenvalue weighted by Crippen LogP contribution is 2.21. The Labute approximate surface area is 206 Å². The zero-order chi connectivity index (χ0) is 24.9. The van der Waals surface area contributed by atoms with Crippen LogP contribution in [0.1, 0.15) is 28.4 Å². The number of sulfonamides is 1. The number of rotatable bonds is 7. The summed E-state index contributed by atoms with van der Waals surface area (Å²) < 4.78 is 33.6. The molecule has 3 aromatic carbocycles. The Hall–Kier alpha value is -3.37. The number of thiocarbonyl (C=S) groups is 1. The molecule has 0 unspecified atom stereocenters. The predicted octanol–water partition coefficient (Wildman–Crippen LogP) is 2.89. The zero-order valence-corrected chi connectivity index (χ0v) is 21.1. The summed E-state index contributed by atoms with van der Waals surface area (Å²) in [5.41, 5.74) is 4.40. The molecule has 0 fully saturated rings. The van der Waals surface area contributed by atoms with Crippen molar-refractivity contribution in [3.63, 3.8) is 0 Å². The topological polar surface area (TPSA) is 96.5 Å². The molecule has 0 saturated heterocycles. The third-order valence-corrected chi connectivity index (χ3v) is 6.69. The monoisotopic (exact) mass is 495 g/mol. The van der Waals surface area contributed by atoms with E-state index >= 15 is 0 Å². The van der Waals surface area contributed by atoms with Crippen molar-refractivity contribution in [2.24, 2.45) is 0 Å². The molecule has 0 atom stereocenters. The van der Waals surface area contributed by atoms with Crippen LogP contribution < -0.4 is 25.6 Å². The molecule has 0 aromatic heterocycles. The van der Waals surface area contributed by atoms with Crippen LogP contribution in [0.2, 0.25) is 0 Å². The Morgan fingerprint density at radius 2 is 1.65 bits per heavy atom. The van der Waals surface area contributed by atoms with E-state index in [9.17, 15) is 13.2 Å². The number of hydrogen-bond acceptors (Lipinski definition) is 5. The lowest BCUT2D eigenvalue weighted by Crippen LogP contribution is -2.34. The van der Waals surface area contributed by atoms with E-state index in [0.29, 0.717) is 29.3 Å². The van der Waals surface area contributed by atoms with Gasteiger partial charge in [0.05, 0.1) is 17.1 Å². The van der Waals surface area contributed by atoms with Crippen molar-refractivity contribution in [3.8, 4) is 5.75 Å². The van der Waals surface area contributed by atoms with Crippen molar-refractivity contribution in [3.05, 3.63) is 77.4 Å². The van der Waals surface area contributed by atoms with Crippen LogP contribution in [0.3, 0.4) is 0 Å². The number of nitrogens with one attached hydrogen (secondary N) is 3. The summed E-state index contributed by atoms with van der Waals surface area (Å²) in [6, 6.07) is 16.8. The van der Waals surface area contributed by atoms with Crippen LogP contribution in [-0.2, 0) is 10.0 Å². The maximum atomic E-state index is 12.7. The van der Waals surface area contributed by atoms with E-state index in [2.05, 4.69) is 15.4 Å². The smallest absolute Gasteiger partial charge is 0.261 e.